The van der Waals surface area contributed by atoms with Crippen molar-refractivity contribution in [2.45, 2.75) is 38.0 Å². The van der Waals surface area contributed by atoms with Crippen LogP contribution in [0.2, 0.25) is 4.34 Å². The Kier molecular flexibility index (Phi) is 5.83. The van der Waals surface area contributed by atoms with E-state index in [2.05, 4.69) is 22.9 Å². The summed E-state index contributed by atoms with van der Waals surface area (Å²) in [6, 6.07) is 2.02. The first-order valence-electron chi connectivity index (χ1n) is 4.74. The van der Waals surface area contributed by atoms with Gasteiger partial charge in [0.05, 0.1) is 5.38 Å². The molecule has 0 aliphatic rings. The van der Waals surface area contributed by atoms with Crippen LogP contribution in [0, 0.1) is 0 Å². The summed E-state index contributed by atoms with van der Waals surface area (Å²) >= 11 is 17.2. The molecule has 0 amide bonds. The maximum absolute atomic E-state index is 6.26. The third-order valence-electron chi connectivity index (χ3n) is 2.03. The van der Waals surface area contributed by atoms with Gasteiger partial charge in [-0.2, -0.15) is 0 Å². The first-order chi connectivity index (χ1) is 6.65. The zero-order chi connectivity index (χ0) is 10.6. The molecule has 0 aliphatic carbocycles. The van der Waals surface area contributed by atoms with E-state index in [9.17, 15) is 0 Å². The Balaban J connectivity index is 2.47. The topological polar surface area (TPSA) is 0 Å². The second-order valence-electron chi connectivity index (χ2n) is 3.23. The molecule has 0 N–H and O–H groups in total. The summed E-state index contributed by atoms with van der Waals surface area (Å²) in [5.41, 5.74) is 0. The molecule has 1 unspecified atom stereocenters. The lowest BCUT2D eigenvalue weighted by molar-refractivity contribution is 0.659. The highest BCUT2D eigenvalue weighted by atomic mass is 79.9. The lowest BCUT2D eigenvalue weighted by Crippen LogP contribution is -1.86. The van der Waals surface area contributed by atoms with Gasteiger partial charge in [0.1, 0.15) is 4.34 Å². The maximum Gasteiger partial charge on any atom is 0.107 e. The third-order valence-corrected chi connectivity index (χ3v) is 5.21. The molecule has 0 radical (unpaired) electrons. The fraction of sp³-hybridized carbons (Fsp3) is 0.600. The summed E-state index contributed by atoms with van der Waals surface area (Å²) in [4.78, 5) is 1.17. The van der Waals surface area contributed by atoms with E-state index in [0.29, 0.717) is 0 Å². The van der Waals surface area contributed by atoms with Crippen molar-refractivity contribution in [2.75, 3.05) is 0 Å². The van der Waals surface area contributed by atoms with Crippen molar-refractivity contribution < 1.29 is 0 Å². The molecule has 1 aromatic heterocycles. The van der Waals surface area contributed by atoms with Crippen LogP contribution in [-0.2, 0) is 0 Å². The van der Waals surface area contributed by atoms with Gasteiger partial charge in [-0.1, -0.05) is 37.8 Å². The van der Waals surface area contributed by atoms with Crippen LogP contribution >= 0.6 is 50.5 Å². The van der Waals surface area contributed by atoms with Crippen LogP contribution in [0.1, 0.15) is 42.9 Å². The number of thiophene rings is 1. The van der Waals surface area contributed by atoms with Crippen LogP contribution in [0.25, 0.3) is 0 Å². The summed E-state index contributed by atoms with van der Waals surface area (Å²) in [6.45, 7) is 2.20. The molecule has 0 fully saturated rings. The van der Waals surface area contributed by atoms with Crippen molar-refractivity contribution in [1.82, 2.24) is 0 Å². The molecular formula is C10H13BrCl2S. The van der Waals surface area contributed by atoms with E-state index >= 15 is 0 Å². The Labute approximate surface area is 108 Å². The smallest absolute Gasteiger partial charge is 0.107 e. The second-order valence-corrected chi connectivity index (χ2v) is 6.30. The molecule has 0 spiro atoms. The van der Waals surface area contributed by atoms with Gasteiger partial charge in [0.25, 0.3) is 0 Å². The standard InChI is InChI=1S/C10H13BrCl2S/c1-2-3-4-5-8(12)9-6-7(11)10(13)14-9/h6,8H,2-5H2,1H3. The fourth-order valence-electron chi connectivity index (χ4n) is 1.23. The molecule has 1 heterocycles. The number of hydrogen-bond acceptors (Lipinski definition) is 1. The van der Waals surface area contributed by atoms with Crippen molar-refractivity contribution in [2.24, 2.45) is 0 Å². The van der Waals surface area contributed by atoms with Crippen molar-refractivity contribution >= 4 is 50.5 Å². The molecule has 0 nitrogen and oxygen atoms in total. The van der Waals surface area contributed by atoms with Gasteiger partial charge in [0, 0.05) is 9.35 Å². The predicted molar refractivity (Wildman–Crippen MR) is 69.8 cm³/mol. The summed E-state index contributed by atoms with van der Waals surface area (Å²) < 4.78 is 1.75. The Morgan fingerprint density at radius 1 is 1.50 bits per heavy atom. The van der Waals surface area contributed by atoms with Gasteiger partial charge in [-0.3, -0.25) is 0 Å². The van der Waals surface area contributed by atoms with E-state index in [1.54, 1.807) is 11.3 Å². The lowest BCUT2D eigenvalue weighted by Gasteiger charge is -2.05. The fourth-order valence-corrected chi connectivity index (χ4v) is 3.33. The van der Waals surface area contributed by atoms with Crippen LogP contribution in [-0.4, -0.2) is 0 Å². The van der Waals surface area contributed by atoms with Crippen molar-refractivity contribution in [1.29, 1.82) is 0 Å². The largest absolute Gasteiger partial charge is 0.126 e. The van der Waals surface area contributed by atoms with Crippen LogP contribution in [0.15, 0.2) is 10.5 Å². The number of unbranched alkanes of at least 4 members (excludes halogenated alkanes) is 2. The van der Waals surface area contributed by atoms with E-state index in [4.69, 9.17) is 23.2 Å². The van der Waals surface area contributed by atoms with Gasteiger partial charge in [0.2, 0.25) is 0 Å². The minimum atomic E-state index is 0.121. The monoisotopic (exact) mass is 314 g/mol. The number of alkyl halides is 1. The van der Waals surface area contributed by atoms with Gasteiger partial charge in [-0.05, 0) is 28.4 Å². The third kappa shape index (κ3) is 3.73. The van der Waals surface area contributed by atoms with Gasteiger partial charge in [0.15, 0.2) is 0 Å². The van der Waals surface area contributed by atoms with Crippen LogP contribution in [0.3, 0.4) is 0 Å². The molecule has 0 bridgehead atoms. The Bertz CT molecular complexity index is 266. The van der Waals surface area contributed by atoms with Gasteiger partial charge in [-0.25, -0.2) is 0 Å². The van der Waals surface area contributed by atoms with Crippen LogP contribution < -0.4 is 0 Å². The Hall–Kier alpha value is 0.760. The van der Waals surface area contributed by atoms with E-state index in [1.807, 2.05) is 6.07 Å². The van der Waals surface area contributed by atoms with Gasteiger partial charge < -0.3 is 0 Å². The highest BCUT2D eigenvalue weighted by molar-refractivity contribution is 9.10. The predicted octanol–water partition coefficient (Wildman–Crippen LogP) is 6.02. The summed E-state index contributed by atoms with van der Waals surface area (Å²) in [6.07, 6.45) is 4.72. The lowest BCUT2D eigenvalue weighted by atomic mass is 10.1. The minimum Gasteiger partial charge on any atom is -0.126 e. The molecule has 1 atom stereocenters. The maximum atomic E-state index is 6.26. The molecule has 80 valence electrons. The first-order valence-corrected chi connectivity index (χ1v) is 7.16. The average Bonchev–Trinajstić information content (AvgIpc) is 2.47. The Morgan fingerprint density at radius 2 is 2.21 bits per heavy atom. The molecule has 1 rings (SSSR count). The molecule has 1 aromatic rings. The molecule has 0 aliphatic heterocycles. The Morgan fingerprint density at radius 3 is 2.71 bits per heavy atom. The molecule has 14 heavy (non-hydrogen) atoms. The average molecular weight is 316 g/mol. The van der Waals surface area contributed by atoms with Crippen molar-refractivity contribution in [3.05, 3.63) is 19.8 Å². The summed E-state index contributed by atoms with van der Waals surface area (Å²) in [5, 5.41) is 0.121. The van der Waals surface area contributed by atoms with E-state index in [-0.39, 0.29) is 5.38 Å². The quantitative estimate of drug-likeness (QED) is 0.460. The number of hydrogen-bond donors (Lipinski definition) is 0. The van der Waals surface area contributed by atoms with Crippen LogP contribution in [0.4, 0.5) is 0 Å². The van der Waals surface area contributed by atoms with E-state index in [0.717, 1.165) is 15.2 Å². The SMILES string of the molecule is CCCCCC(Cl)c1cc(Br)c(Cl)s1. The highest BCUT2D eigenvalue weighted by Crippen LogP contribution is 2.39. The minimum absolute atomic E-state index is 0.121. The zero-order valence-corrected chi connectivity index (χ0v) is 11.9. The van der Waals surface area contributed by atoms with Crippen molar-refractivity contribution in [3.8, 4) is 0 Å². The summed E-state index contributed by atoms with van der Waals surface area (Å²) in [7, 11) is 0. The first kappa shape index (κ1) is 12.8. The highest BCUT2D eigenvalue weighted by Gasteiger charge is 2.12. The number of halogens is 3. The zero-order valence-electron chi connectivity index (χ0n) is 8.03. The number of rotatable bonds is 5. The molecule has 0 saturated carbocycles. The molecule has 0 aromatic carbocycles. The molecule has 4 heteroatoms. The van der Waals surface area contributed by atoms with E-state index in [1.165, 1.54) is 24.1 Å². The van der Waals surface area contributed by atoms with E-state index < -0.39 is 0 Å². The van der Waals surface area contributed by atoms with Crippen molar-refractivity contribution in [3.63, 3.8) is 0 Å². The van der Waals surface area contributed by atoms with Gasteiger partial charge >= 0.3 is 0 Å². The normalized spacial score (nSPS) is 13.1. The molecular weight excluding hydrogens is 303 g/mol. The van der Waals surface area contributed by atoms with Crippen LogP contribution in [0.5, 0.6) is 0 Å². The molecule has 0 saturated heterocycles. The summed E-state index contributed by atoms with van der Waals surface area (Å²) in [5.74, 6) is 0. The van der Waals surface area contributed by atoms with Gasteiger partial charge in [-0.15, -0.1) is 22.9 Å². The second kappa shape index (κ2) is 6.37.